The highest BCUT2D eigenvalue weighted by atomic mass is 32.2. The zero-order chi connectivity index (χ0) is 14.3. The Morgan fingerprint density at radius 1 is 1.35 bits per heavy atom. The van der Waals surface area contributed by atoms with Crippen LogP contribution in [0.5, 0.6) is 0 Å². The molecule has 2 aromatic heterocycles. The van der Waals surface area contributed by atoms with E-state index in [0.717, 1.165) is 11.8 Å². The van der Waals surface area contributed by atoms with Crippen LogP contribution in [0.4, 0.5) is 5.82 Å². The number of aliphatic hydroxyl groups excluding tert-OH is 3. The maximum absolute atomic E-state index is 9.85. The van der Waals surface area contributed by atoms with Crippen molar-refractivity contribution in [3.63, 3.8) is 0 Å². The summed E-state index contributed by atoms with van der Waals surface area (Å²) in [5, 5.41) is 29.0. The van der Waals surface area contributed by atoms with Crippen LogP contribution in [-0.2, 0) is 4.74 Å². The number of aromatic amines is 1. The molecule has 10 heteroatoms. The van der Waals surface area contributed by atoms with Crippen LogP contribution in [0.15, 0.2) is 11.5 Å². The molecular weight excluding hydrogens is 286 g/mol. The molecule has 4 atom stereocenters. The largest absolute Gasteiger partial charge is 0.394 e. The van der Waals surface area contributed by atoms with Crippen molar-refractivity contribution in [1.29, 1.82) is 0 Å². The van der Waals surface area contributed by atoms with Crippen molar-refractivity contribution in [2.75, 3.05) is 12.3 Å². The van der Waals surface area contributed by atoms with Crippen LogP contribution >= 0.6 is 11.8 Å². The number of nitrogens with zero attached hydrogens (tertiary/aromatic N) is 3. The van der Waals surface area contributed by atoms with E-state index < -0.39 is 23.7 Å². The van der Waals surface area contributed by atoms with Gasteiger partial charge in [-0.1, -0.05) is 11.8 Å². The van der Waals surface area contributed by atoms with Gasteiger partial charge in [-0.2, -0.15) is 0 Å². The number of H-pyrrole nitrogens is 1. The Morgan fingerprint density at radius 2 is 2.15 bits per heavy atom. The predicted octanol–water partition coefficient (Wildman–Crippen LogP) is -1.53. The number of aromatic nitrogens is 4. The summed E-state index contributed by atoms with van der Waals surface area (Å²) >= 11 is 1.08. The molecule has 0 radical (unpaired) electrons. The van der Waals surface area contributed by atoms with Crippen LogP contribution in [-0.4, -0.2) is 65.6 Å². The Hall–Kier alpha value is -1.46. The summed E-state index contributed by atoms with van der Waals surface area (Å²) in [5.41, 5.74) is 5.86. The Balaban J connectivity index is 1.81. The number of imidazole rings is 1. The third kappa shape index (κ3) is 2.21. The van der Waals surface area contributed by atoms with E-state index in [9.17, 15) is 10.2 Å². The first-order valence-electron chi connectivity index (χ1n) is 5.85. The van der Waals surface area contributed by atoms with Crippen molar-refractivity contribution in [1.82, 2.24) is 19.9 Å². The van der Waals surface area contributed by atoms with Gasteiger partial charge in [-0.15, -0.1) is 0 Å². The quantitative estimate of drug-likeness (QED) is 0.454. The van der Waals surface area contributed by atoms with Gasteiger partial charge in [0.05, 0.1) is 6.61 Å². The van der Waals surface area contributed by atoms with Crippen LogP contribution in [0.3, 0.4) is 0 Å². The van der Waals surface area contributed by atoms with Crippen molar-refractivity contribution in [2.24, 2.45) is 0 Å². The highest BCUT2D eigenvalue weighted by Gasteiger charge is 2.43. The molecule has 3 heterocycles. The number of thioether (sulfide) groups is 1. The molecule has 9 nitrogen and oxygen atoms in total. The molecule has 2 aromatic rings. The molecule has 1 aliphatic heterocycles. The van der Waals surface area contributed by atoms with Crippen LogP contribution in [0.25, 0.3) is 11.2 Å². The van der Waals surface area contributed by atoms with Gasteiger partial charge in [0.15, 0.2) is 16.6 Å². The summed E-state index contributed by atoms with van der Waals surface area (Å²) in [4.78, 5) is 14.9. The Kier molecular flexibility index (Phi) is 3.48. The van der Waals surface area contributed by atoms with E-state index in [1.807, 2.05) is 0 Å². The Bertz CT molecular complexity index is 623. The molecule has 1 saturated heterocycles. The Labute approximate surface area is 117 Å². The lowest BCUT2D eigenvalue weighted by Gasteiger charge is -2.11. The second-order valence-electron chi connectivity index (χ2n) is 4.32. The fourth-order valence-corrected chi connectivity index (χ4v) is 2.97. The van der Waals surface area contributed by atoms with Crippen LogP contribution in [0.2, 0.25) is 0 Å². The van der Waals surface area contributed by atoms with Crippen molar-refractivity contribution in [2.45, 2.75) is 28.9 Å². The van der Waals surface area contributed by atoms with Crippen LogP contribution in [0.1, 0.15) is 0 Å². The molecule has 3 rings (SSSR count). The zero-order valence-corrected chi connectivity index (χ0v) is 11.0. The number of rotatable bonds is 3. The first kappa shape index (κ1) is 13.5. The standard InChI is InChI=1S/C10H13N5O4S/c11-7-4-8(13-2-12-7)15-10(14-4)20-9-6(18)5(17)3(1-16)19-9/h2-3,5-6,9,16-18H,1H2,(H3,11,12,13,14,15)/t3-,5+,6-,9+/m0/s1. The molecule has 1 aliphatic rings. The van der Waals surface area contributed by atoms with Crippen LogP contribution < -0.4 is 5.73 Å². The SMILES string of the molecule is Nc1ncnc2nc(S[C@H]3O[C@@H](CO)[C@@H](O)[C@@H]3O)[nH]c12. The molecule has 0 bridgehead atoms. The van der Waals surface area contributed by atoms with Gasteiger partial charge < -0.3 is 30.8 Å². The van der Waals surface area contributed by atoms with E-state index in [4.69, 9.17) is 15.6 Å². The maximum Gasteiger partial charge on any atom is 0.183 e. The van der Waals surface area contributed by atoms with E-state index in [1.165, 1.54) is 6.33 Å². The van der Waals surface area contributed by atoms with E-state index in [-0.39, 0.29) is 12.4 Å². The highest BCUT2D eigenvalue weighted by Crippen LogP contribution is 2.33. The molecule has 1 fully saturated rings. The van der Waals surface area contributed by atoms with Gasteiger partial charge in [-0.05, 0) is 0 Å². The van der Waals surface area contributed by atoms with Crippen molar-refractivity contribution >= 4 is 28.7 Å². The number of hydrogen-bond acceptors (Lipinski definition) is 9. The van der Waals surface area contributed by atoms with Gasteiger partial charge in [-0.25, -0.2) is 15.0 Å². The summed E-state index contributed by atoms with van der Waals surface area (Å²) in [5.74, 6) is 0.274. The zero-order valence-electron chi connectivity index (χ0n) is 10.2. The lowest BCUT2D eigenvalue weighted by atomic mass is 10.2. The Morgan fingerprint density at radius 3 is 2.80 bits per heavy atom. The lowest BCUT2D eigenvalue weighted by molar-refractivity contribution is -0.00810. The highest BCUT2D eigenvalue weighted by molar-refractivity contribution is 7.99. The summed E-state index contributed by atoms with van der Waals surface area (Å²) < 4.78 is 5.35. The monoisotopic (exact) mass is 299 g/mol. The number of fused-ring (bicyclic) bond motifs is 1. The molecule has 0 saturated carbocycles. The lowest BCUT2D eigenvalue weighted by Crippen LogP contribution is -2.33. The van der Waals surface area contributed by atoms with Crippen molar-refractivity contribution < 1.29 is 20.1 Å². The van der Waals surface area contributed by atoms with Gasteiger partial charge in [0, 0.05) is 0 Å². The number of nitrogen functional groups attached to an aromatic ring is 1. The van der Waals surface area contributed by atoms with Crippen molar-refractivity contribution in [3.05, 3.63) is 6.33 Å². The number of anilines is 1. The third-order valence-electron chi connectivity index (χ3n) is 3.02. The number of nitrogens with two attached hydrogens (primary N) is 1. The van der Waals surface area contributed by atoms with Gasteiger partial charge in [0.2, 0.25) is 0 Å². The fourth-order valence-electron chi connectivity index (χ4n) is 1.95. The van der Waals surface area contributed by atoms with Gasteiger partial charge in [-0.3, -0.25) is 0 Å². The predicted molar refractivity (Wildman–Crippen MR) is 69.7 cm³/mol. The topological polar surface area (TPSA) is 150 Å². The molecule has 0 amide bonds. The normalized spacial score (nSPS) is 30.1. The van der Waals surface area contributed by atoms with Gasteiger partial charge in [0.1, 0.15) is 35.6 Å². The minimum Gasteiger partial charge on any atom is -0.394 e. The first-order chi connectivity index (χ1) is 9.60. The summed E-state index contributed by atoms with van der Waals surface area (Å²) in [6.45, 7) is -0.367. The van der Waals surface area contributed by atoms with Crippen molar-refractivity contribution in [3.8, 4) is 0 Å². The molecule has 0 aromatic carbocycles. The fraction of sp³-hybridized carbons (Fsp3) is 0.500. The van der Waals surface area contributed by atoms with E-state index >= 15 is 0 Å². The third-order valence-corrected chi connectivity index (χ3v) is 4.06. The summed E-state index contributed by atoms with van der Waals surface area (Å²) in [6, 6.07) is 0. The van der Waals surface area contributed by atoms with E-state index in [1.54, 1.807) is 0 Å². The van der Waals surface area contributed by atoms with E-state index in [0.29, 0.717) is 16.3 Å². The minimum absolute atomic E-state index is 0.274. The van der Waals surface area contributed by atoms with Gasteiger partial charge >= 0.3 is 0 Å². The minimum atomic E-state index is -1.13. The summed E-state index contributed by atoms with van der Waals surface area (Å²) in [6.07, 6.45) is -1.75. The molecule has 108 valence electrons. The number of ether oxygens (including phenoxy) is 1. The van der Waals surface area contributed by atoms with Gasteiger partial charge in [0.25, 0.3) is 0 Å². The molecule has 0 unspecified atom stereocenters. The molecule has 0 aliphatic carbocycles. The molecular formula is C10H13N5O4S. The number of hydrogen-bond donors (Lipinski definition) is 5. The number of aliphatic hydroxyl groups is 3. The molecule has 0 spiro atoms. The first-order valence-corrected chi connectivity index (χ1v) is 6.73. The molecule has 6 N–H and O–H groups in total. The summed E-state index contributed by atoms with van der Waals surface area (Å²) in [7, 11) is 0. The maximum atomic E-state index is 9.85. The average molecular weight is 299 g/mol. The second kappa shape index (κ2) is 5.14. The number of nitrogens with one attached hydrogen (secondary N) is 1. The molecule has 20 heavy (non-hydrogen) atoms. The second-order valence-corrected chi connectivity index (χ2v) is 5.41. The smallest absolute Gasteiger partial charge is 0.183 e. The van der Waals surface area contributed by atoms with E-state index in [2.05, 4.69) is 19.9 Å². The van der Waals surface area contributed by atoms with Crippen LogP contribution in [0, 0.1) is 0 Å². The average Bonchev–Trinajstić information content (AvgIpc) is 2.96.